The normalized spacial score (nSPS) is 21.9. The van der Waals surface area contributed by atoms with Crippen LogP contribution in [0.1, 0.15) is 63.3 Å². The van der Waals surface area contributed by atoms with Crippen LogP contribution in [-0.4, -0.2) is 28.6 Å². The van der Waals surface area contributed by atoms with Gasteiger partial charge in [-0.2, -0.15) is 4.98 Å². The topological polar surface area (TPSA) is 80.0 Å². The van der Waals surface area contributed by atoms with Crippen LogP contribution in [0.4, 0.5) is 0 Å². The Kier molecular flexibility index (Phi) is 5.25. The second-order valence-corrected chi connectivity index (χ2v) is 8.11. The van der Waals surface area contributed by atoms with E-state index in [0.29, 0.717) is 12.4 Å². The number of carbonyl (C=O) groups is 1. The number of hydrogen-bond acceptors (Lipinski definition) is 5. The van der Waals surface area contributed by atoms with Gasteiger partial charge in [-0.15, -0.1) is 0 Å². The van der Waals surface area contributed by atoms with E-state index in [0.717, 1.165) is 49.2 Å². The van der Waals surface area contributed by atoms with Crippen LogP contribution in [0.25, 0.3) is 11.4 Å². The van der Waals surface area contributed by atoms with Crippen molar-refractivity contribution in [1.82, 2.24) is 20.8 Å². The van der Waals surface area contributed by atoms with Crippen molar-refractivity contribution in [2.45, 2.75) is 69.9 Å². The molecule has 0 spiro atoms. The van der Waals surface area contributed by atoms with Crippen LogP contribution in [0, 0.1) is 0 Å². The van der Waals surface area contributed by atoms with Gasteiger partial charge in [0.25, 0.3) is 0 Å². The van der Waals surface area contributed by atoms with Crippen molar-refractivity contribution >= 4 is 5.91 Å². The maximum absolute atomic E-state index is 12.1. The Morgan fingerprint density at radius 2 is 2.00 bits per heavy atom. The van der Waals surface area contributed by atoms with Crippen molar-refractivity contribution in [2.75, 3.05) is 6.54 Å². The first-order valence-electron chi connectivity index (χ1n) is 10.1. The summed E-state index contributed by atoms with van der Waals surface area (Å²) in [5.41, 5.74) is 2.02. The number of rotatable bonds is 5. The van der Waals surface area contributed by atoms with Gasteiger partial charge in [0.2, 0.25) is 17.6 Å². The standard InChI is InChI=1S/C21H28N4O2/c1-21(11-3-2-4-12-21)20-24-18(25-27-20)16-9-7-15(8-10-16)14-23-19(26)17-6-5-13-22-17/h7-10,17,22H,2-6,11-14H2,1H3,(H,23,26). The molecule has 27 heavy (non-hydrogen) atoms. The molecule has 2 heterocycles. The van der Waals surface area contributed by atoms with Gasteiger partial charge in [-0.3, -0.25) is 4.79 Å². The Morgan fingerprint density at radius 3 is 2.70 bits per heavy atom. The fourth-order valence-electron chi connectivity index (χ4n) is 4.12. The summed E-state index contributed by atoms with van der Waals surface area (Å²) < 4.78 is 5.60. The lowest BCUT2D eigenvalue weighted by Crippen LogP contribution is -2.39. The molecule has 2 aliphatic rings. The average molecular weight is 368 g/mol. The SMILES string of the molecule is CC1(c2nc(-c3ccc(CNC(=O)C4CCCN4)cc3)no2)CCCCC1. The number of carbonyl (C=O) groups excluding carboxylic acids is 1. The van der Waals surface area contributed by atoms with E-state index in [1.54, 1.807) is 0 Å². The van der Waals surface area contributed by atoms with Gasteiger partial charge < -0.3 is 15.2 Å². The third kappa shape index (κ3) is 4.05. The van der Waals surface area contributed by atoms with Crippen LogP contribution < -0.4 is 10.6 Å². The molecule has 1 atom stereocenters. The molecule has 6 nitrogen and oxygen atoms in total. The van der Waals surface area contributed by atoms with Crippen LogP contribution >= 0.6 is 0 Å². The third-order valence-electron chi connectivity index (χ3n) is 5.96. The second-order valence-electron chi connectivity index (χ2n) is 8.11. The van der Waals surface area contributed by atoms with Gasteiger partial charge in [-0.05, 0) is 37.8 Å². The smallest absolute Gasteiger partial charge is 0.237 e. The number of benzene rings is 1. The summed E-state index contributed by atoms with van der Waals surface area (Å²) in [5, 5.41) is 10.4. The molecular weight excluding hydrogens is 340 g/mol. The van der Waals surface area contributed by atoms with Gasteiger partial charge in [0, 0.05) is 17.5 Å². The Labute approximate surface area is 160 Å². The predicted molar refractivity (Wildman–Crippen MR) is 103 cm³/mol. The zero-order valence-corrected chi connectivity index (χ0v) is 16.0. The largest absolute Gasteiger partial charge is 0.351 e. The molecule has 2 aromatic rings. The van der Waals surface area contributed by atoms with Crippen molar-refractivity contribution < 1.29 is 9.32 Å². The van der Waals surface area contributed by atoms with Crippen molar-refractivity contribution in [1.29, 1.82) is 0 Å². The van der Waals surface area contributed by atoms with Gasteiger partial charge in [-0.1, -0.05) is 55.6 Å². The van der Waals surface area contributed by atoms with Crippen LogP contribution in [-0.2, 0) is 16.8 Å². The Morgan fingerprint density at radius 1 is 1.22 bits per heavy atom. The summed E-state index contributed by atoms with van der Waals surface area (Å²) in [6, 6.07) is 7.97. The molecule has 0 bridgehead atoms. The molecule has 1 saturated heterocycles. The molecule has 2 fully saturated rings. The summed E-state index contributed by atoms with van der Waals surface area (Å²) in [7, 11) is 0. The van der Waals surface area contributed by atoms with Gasteiger partial charge in [0.05, 0.1) is 6.04 Å². The third-order valence-corrected chi connectivity index (χ3v) is 5.96. The lowest BCUT2D eigenvalue weighted by molar-refractivity contribution is -0.122. The average Bonchev–Trinajstić information content (AvgIpc) is 3.39. The molecule has 0 radical (unpaired) electrons. The monoisotopic (exact) mass is 368 g/mol. The minimum Gasteiger partial charge on any atom is -0.351 e. The Hall–Kier alpha value is -2.21. The molecule has 1 aliphatic carbocycles. The van der Waals surface area contributed by atoms with Crippen LogP contribution in [0.5, 0.6) is 0 Å². The minimum absolute atomic E-state index is 0.0159. The number of hydrogen-bond donors (Lipinski definition) is 2. The first-order chi connectivity index (χ1) is 13.1. The van der Waals surface area contributed by atoms with E-state index in [1.807, 2.05) is 24.3 Å². The van der Waals surface area contributed by atoms with Gasteiger partial charge in [-0.25, -0.2) is 0 Å². The van der Waals surface area contributed by atoms with Crippen molar-refractivity contribution in [3.8, 4) is 11.4 Å². The van der Waals surface area contributed by atoms with Crippen molar-refractivity contribution in [3.05, 3.63) is 35.7 Å². The van der Waals surface area contributed by atoms with Crippen LogP contribution in [0.2, 0.25) is 0 Å². The first kappa shape index (κ1) is 18.2. The Balaban J connectivity index is 1.38. The van der Waals surface area contributed by atoms with E-state index < -0.39 is 0 Å². The number of nitrogens with zero attached hydrogens (tertiary/aromatic N) is 2. The maximum atomic E-state index is 12.1. The van der Waals surface area contributed by atoms with E-state index in [1.165, 1.54) is 19.3 Å². The highest BCUT2D eigenvalue weighted by Crippen LogP contribution is 2.38. The Bertz CT molecular complexity index is 772. The molecule has 1 aliphatic heterocycles. The van der Waals surface area contributed by atoms with E-state index >= 15 is 0 Å². The highest BCUT2D eigenvalue weighted by Gasteiger charge is 2.34. The van der Waals surface area contributed by atoms with Crippen LogP contribution in [0.3, 0.4) is 0 Å². The van der Waals surface area contributed by atoms with Gasteiger partial charge in [0.1, 0.15) is 0 Å². The number of aromatic nitrogens is 2. The minimum atomic E-state index is -0.0387. The van der Waals surface area contributed by atoms with E-state index in [2.05, 4.69) is 27.7 Å². The molecule has 1 unspecified atom stereocenters. The molecule has 1 aromatic carbocycles. The summed E-state index contributed by atoms with van der Waals surface area (Å²) in [5.74, 6) is 1.49. The van der Waals surface area contributed by atoms with Gasteiger partial charge >= 0.3 is 0 Å². The fourth-order valence-corrected chi connectivity index (χ4v) is 4.12. The summed E-state index contributed by atoms with van der Waals surface area (Å²) in [6.07, 6.45) is 7.97. The highest BCUT2D eigenvalue weighted by atomic mass is 16.5. The molecule has 4 rings (SSSR count). The molecule has 144 valence electrons. The lowest BCUT2D eigenvalue weighted by atomic mass is 9.75. The predicted octanol–water partition coefficient (Wildman–Crippen LogP) is 3.33. The molecule has 6 heteroatoms. The molecular formula is C21H28N4O2. The van der Waals surface area contributed by atoms with E-state index in [-0.39, 0.29) is 17.4 Å². The molecule has 2 N–H and O–H groups in total. The van der Waals surface area contributed by atoms with Crippen molar-refractivity contribution in [3.63, 3.8) is 0 Å². The summed E-state index contributed by atoms with van der Waals surface area (Å²) >= 11 is 0. The molecule has 1 aromatic heterocycles. The fraction of sp³-hybridized carbons (Fsp3) is 0.571. The quantitative estimate of drug-likeness (QED) is 0.846. The number of nitrogens with one attached hydrogen (secondary N) is 2. The molecule has 1 saturated carbocycles. The van der Waals surface area contributed by atoms with Gasteiger partial charge in [0.15, 0.2) is 0 Å². The summed E-state index contributed by atoms with van der Waals surface area (Å²) in [4.78, 5) is 16.8. The zero-order valence-electron chi connectivity index (χ0n) is 16.0. The zero-order chi connectivity index (χ0) is 18.7. The van der Waals surface area contributed by atoms with Crippen molar-refractivity contribution in [2.24, 2.45) is 0 Å². The van der Waals surface area contributed by atoms with E-state index in [9.17, 15) is 4.79 Å². The lowest BCUT2D eigenvalue weighted by Gasteiger charge is -2.29. The highest BCUT2D eigenvalue weighted by molar-refractivity contribution is 5.82. The molecule has 1 amide bonds. The van der Waals surface area contributed by atoms with E-state index in [4.69, 9.17) is 4.52 Å². The first-order valence-corrected chi connectivity index (χ1v) is 10.1. The second kappa shape index (κ2) is 7.80. The number of amides is 1. The maximum Gasteiger partial charge on any atom is 0.237 e. The van der Waals surface area contributed by atoms with Crippen LogP contribution in [0.15, 0.2) is 28.8 Å². The summed E-state index contributed by atoms with van der Waals surface area (Å²) in [6.45, 7) is 3.69.